The second-order valence-corrected chi connectivity index (χ2v) is 6.49. The van der Waals surface area contributed by atoms with Gasteiger partial charge in [0, 0.05) is 30.6 Å². The molecule has 2 aromatic rings. The summed E-state index contributed by atoms with van der Waals surface area (Å²) < 4.78 is 10.7. The summed E-state index contributed by atoms with van der Waals surface area (Å²) in [6.45, 7) is 5.92. The van der Waals surface area contributed by atoms with Gasteiger partial charge in [-0.15, -0.1) is 0 Å². The molecule has 3 rings (SSSR count). The highest BCUT2D eigenvalue weighted by Crippen LogP contribution is 2.22. The Kier molecular flexibility index (Phi) is 4.37. The van der Waals surface area contributed by atoms with Crippen LogP contribution in [0.1, 0.15) is 20.3 Å². The van der Waals surface area contributed by atoms with Gasteiger partial charge in [-0.2, -0.15) is 0 Å². The molecule has 122 valence electrons. The molecule has 0 bridgehead atoms. The SMILES string of the molecule is C[C@@H]1C[C@H](C)CN(C(=O)COc2ccc3ccc(=O)oc3c2)C1. The minimum absolute atomic E-state index is 0.00184. The maximum Gasteiger partial charge on any atom is 0.336 e. The van der Waals surface area contributed by atoms with Crippen LogP contribution in [0.15, 0.2) is 39.5 Å². The summed E-state index contributed by atoms with van der Waals surface area (Å²) >= 11 is 0. The molecule has 1 amide bonds. The molecule has 0 spiro atoms. The molecule has 1 saturated heterocycles. The number of likely N-dealkylation sites (tertiary alicyclic amines) is 1. The van der Waals surface area contributed by atoms with E-state index >= 15 is 0 Å². The highest BCUT2D eigenvalue weighted by atomic mass is 16.5. The van der Waals surface area contributed by atoms with Crippen molar-refractivity contribution in [2.75, 3.05) is 19.7 Å². The van der Waals surface area contributed by atoms with Crippen molar-refractivity contribution < 1.29 is 13.9 Å². The van der Waals surface area contributed by atoms with E-state index in [-0.39, 0.29) is 12.5 Å². The topological polar surface area (TPSA) is 59.8 Å². The molecule has 1 aromatic heterocycles. The predicted molar refractivity (Wildman–Crippen MR) is 87.5 cm³/mol. The lowest BCUT2D eigenvalue weighted by Gasteiger charge is -2.34. The van der Waals surface area contributed by atoms with Gasteiger partial charge in [0.05, 0.1) is 0 Å². The molecule has 2 heterocycles. The van der Waals surface area contributed by atoms with Gasteiger partial charge < -0.3 is 14.1 Å². The van der Waals surface area contributed by atoms with Crippen LogP contribution >= 0.6 is 0 Å². The maximum atomic E-state index is 12.3. The maximum absolute atomic E-state index is 12.3. The first-order valence-corrected chi connectivity index (χ1v) is 7.96. The zero-order chi connectivity index (χ0) is 16.4. The van der Waals surface area contributed by atoms with Crippen molar-refractivity contribution >= 4 is 16.9 Å². The van der Waals surface area contributed by atoms with E-state index in [1.807, 2.05) is 11.0 Å². The van der Waals surface area contributed by atoms with E-state index in [2.05, 4.69) is 13.8 Å². The van der Waals surface area contributed by atoms with E-state index in [4.69, 9.17) is 9.15 Å². The fourth-order valence-corrected chi connectivity index (χ4v) is 3.23. The summed E-state index contributed by atoms with van der Waals surface area (Å²) in [4.78, 5) is 25.4. The Morgan fingerprint density at radius 1 is 1.22 bits per heavy atom. The summed E-state index contributed by atoms with van der Waals surface area (Å²) in [5.41, 5.74) is 0.0599. The van der Waals surface area contributed by atoms with Gasteiger partial charge in [0.2, 0.25) is 0 Å². The van der Waals surface area contributed by atoms with Crippen LogP contribution in [0, 0.1) is 11.8 Å². The van der Waals surface area contributed by atoms with Crippen LogP contribution in [0.3, 0.4) is 0 Å². The molecule has 0 radical (unpaired) electrons. The monoisotopic (exact) mass is 315 g/mol. The van der Waals surface area contributed by atoms with Crippen LogP contribution in [0.4, 0.5) is 0 Å². The number of fused-ring (bicyclic) bond motifs is 1. The molecule has 0 unspecified atom stereocenters. The third-order valence-electron chi connectivity index (χ3n) is 4.18. The van der Waals surface area contributed by atoms with Crippen LogP contribution in [0.25, 0.3) is 11.0 Å². The quantitative estimate of drug-likeness (QED) is 0.817. The average molecular weight is 315 g/mol. The molecule has 0 aliphatic carbocycles. The number of amides is 1. The summed E-state index contributed by atoms with van der Waals surface area (Å²) in [7, 11) is 0. The zero-order valence-electron chi connectivity index (χ0n) is 13.5. The summed E-state index contributed by atoms with van der Waals surface area (Å²) in [6, 6.07) is 8.31. The number of piperidine rings is 1. The van der Waals surface area contributed by atoms with Crippen LogP contribution in [-0.4, -0.2) is 30.5 Å². The van der Waals surface area contributed by atoms with Crippen LogP contribution < -0.4 is 10.4 Å². The Balaban J connectivity index is 1.65. The van der Waals surface area contributed by atoms with E-state index < -0.39 is 5.63 Å². The second kappa shape index (κ2) is 6.44. The van der Waals surface area contributed by atoms with Crippen molar-refractivity contribution in [2.24, 2.45) is 11.8 Å². The molecule has 1 aliphatic rings. The molecule has 2 atom stereocenters. The first kappa shape index (κ1) is 15.6. The summed E-state index contributed by atoms with van der Waals surface area (Å²) in [5, 5.41) is 0.821. The van der Waals surface area contributed by atoms with Gasteiger partial charge in [-0.3, -0.25) is 4.79 Å². The molecule has 1 aliphatic heterocycles. The normalized spacial score (nSPS) is 21.4. The molecule has 0 saturated carbocycles. The summed E-state index contributed by atoms with van der Waals surface area (Å²) in [6.07, 6.45) is 1.16. The lowest BCUT2D eigenvalue weighted by atomic mass is 9.92. The number of carbonyl (C=O) groups is 1. The second-order valence-electron chi connectivity index (χ2n) is 6.49. The number of hydrogen-bond donors (Lipinski definition) is 0. The van der Waals surface area contributed by atoms with Crippen LogP contribution in [0.2, 0.25) is 0 Å². The highest BCUT2D eigenvalue weighted by molar-refractivity contribution is 5.79. The minimum atomic E-state index is -0.401. The number of ether oxygens (including phenoxy) is 1. The molecule has 1 aromatic carbocycles. The fourth-order valence-electron chi connectivity index (χ4n) is 3.23. The van der Waals surface area contributed by atoms with Crippen molar-refractivity contribution in [1.82, 2.24) is 4.90 Å². The first-order valence-electron chi connectivity index (χ1n) is 7.96. The number of benzene rings is 1. The third-order valence-corrected chi connectivity index (χ3v) is 4.18. The Morgan fingerprint density at radius 2 is 1.91 bits per heavy atom. The largest absolute Gasteiger partial charge is 0.484 e. The molecule has 5 heteroatoms. The molecular formula is C18H21NO4. The number of nitrogens with zero attached hydrogens (tertiary/aromatic N) is 1. The fraction of sp³-hybridized carbons (Fsp3) is 0.444. The molecule has 5 nitrogen and oxygen atoms in total. The van der Waals surface area contributed by atoms with E-state index in [1.54, 1.807) is 18.2 Å². The number of rotatable bonds is 3. The number of hydrogen-bond acceptors (Lipinski definition) is 4. The lowest BCUT2D eigenvalue weighted by Crippen LogP contribution is -2.44. The van der Waals surface area contributed by atoms with Gasteiger partial charge >= 0.3 is 5.63 Å². The Labute approximate surface area is 134 Å². The molecule has 1 fully saturated rings. The van der Waals surface area contributed by atoms with Gasteiger partial charge in [-0.1, -0.05) is 13.8 Å². The van der Waals surface area contributed by atoms with Crippen molar-refractivity contribution in [2.45, 2.75) is 20.3 Å². The molecular weight excluding hydrogens is 294 g/mol. The van der Waals surface area contributed by atoms with Gasteiger partial charge in [0.1, 0.15) is 11.3 Å². The van der Waals surface area contributed by atoms with Gasteiger partial charge in [-0.05, 0) is 36.5 Å². The minimum Gasteiger partial charge on any atom is -0.484 e. The van der Waals surface area contributed by atoms with Crippen LogP contribution in [-0.2, 0) is 4.79 Å². The van der Waals surface area contributed by atoms with E-state index in [0.717, 1.165) is 24.9 Å². The molecule has 0 N–H and O–H groups in total. The van der Waals surface area contributed by atoms with E-state index in [1.165, 1.54) is 6.07 Å². The van der Waals surface area contributed by atoms with Gasteiger partial charge in [0.15, 0.2) is 6.61 Å². The predicted octanol–water partition coefficient (Wildman–Crippen LogP) is 2.68. The smallest absolute Gasteiger partial charge is 0.336 e. The van der Waals surface area contributed by atoms with Crippen molar-refractivity contribution in [3.8, 4) is 5.75 Å². The zero-order valence-corrected chi connectivity index (χ0v) is 13.5. The Hall–Kier alpha value is -2.30. The Morgan fingerprint density at radius 3 is 2.65 bits per heavy atom. The number of carbonyl (C=O) groups excluding carboxylic acids is 1. The average Bonchev–Trinajstić information content (AvgIpc) is 2.51. The van der Waals surface area contributed by atoms with Gasteiger partial charge in [-0.25, -0.2) is 4.79 Å². The third kappa shape index (κ3) is 3.73. The Bertz CT molecular complexity index is 757. The summed E-state index contributed by atoms with van der Waals surface area (Å²) in [5.74, 6) is 1.58. The van der Waals surface area contributed by atoms with Crippen molar-refractivity contribution in [3.63, 3.8) is 0 Å². The van der Waals surface area contributed by atoms with Gasteiger partial charge in [0.25, 0.3) is 5.91 Å². The van der Waals surface area contributed by atoms with E-state index in [9.17, 15) is 9.59 Å². The molecule has 23 heavy (non-hydrogen) atoms. The van der Waals surface area contributed by atoms with E-state index in [0.29, 0.717) is 23.2 Å². The highest BCUT2D eigenvalue weighted by Gasteiger charge is 2.25. The van der Waals surface area contributed by atoms with Crippen molar-refractivity contribution in [3.05, 3.63) is 40.8 Å². The first-order chi connectivity index (χ1) is 11.0. The lowest BCUT2D eigenvalue weighted by molar-refractivity contribution is -0.136. The standard InChI is InChI=1S/C18H21NO4/c1-12-7-13(2)10-19(9-12)17(20)11-22-15-5-3-14-4-6-18(21)23-16(14)8-15/h3-6,8,12-13H,7,9-11H2,1-2H3/t12-,13+. The van der Waals surface area contributed by atoms with Crippen LogP contribution in [0.5, 0.6) is 5.75 Å². The van der Waals surface area contributed by atoms with Crippen molar-refractivity contribution in [1.29, 1.82) is 0 Å².